The fraction of sp³-hybridized carbons (Fsp3) is 0.625. The molecule has 1 aliphatic rings. The number of hydrogen-bond donors (Lipinski definition) is 1. The third-order valence-corrected chi connectivity index (χ3v) is 2.38. The van der Waals surface area contributed by atoms with Crippen molar-refractivity contribution < 1.29 is 0 Å². The van der Waals surface area contributed by atoms with Gasteiger partial charge in [-0.15, -0.1) is 0 Å². The highest BCUT2D eigenvalue weighted by Crippen LogP contribution is 2.08. The summed E-state index contributed by atoms with van der Waals surface area (Å²) in [5.74, 6) is 0.668. The smallest absolute Gasteiger partial charge is 0.353 e. The Hall–Kier alpha value is -1.43. The molecule has 76 valence electrons. The average molecular weight is 195 g/mol. The predicted molar refractivity (Wildman–Crippen MR) is 52.4 cm³/mol. The van der Waals surface area contributed by atoms with Crippen LogP contribution in [0.5, 0.6) is 0 Å². The predicted octanol–water partition coefficient (Wildman–Crippen LogP) is -1.08. The lowest BCUT2D eigenvalue weighted by Gasteiger charge is -2.32. The van der Waals surface area contributed by atoms with Gasteiger partial charge in [-0.3, -0.25) is 0 Å². The Balaban J connectivity index is 2.12. The molecule has 0 saturated carbocycles. The van der Waals surface area contributed by atoms with Gasteiger partial charge in [0, 0.05) is 26.2 Å². The third-order valence-electron chi connectivity index (χ3n) is 2.38. The van der Waals surface area contributed by atoms with Crippen molar-refractivity contribution in [3.63, 3.8) is 0 Å². The van der Waals surface area contributed by atoms with Crippen molar-refractivity contribution in [2.75, 3.05) is 38.1 Å². The molecule has 2 heterocycles. The van der Waals surface area contributed by atoms with Crippen LogP contribution in [0, 0.1) is 0 Å². The van der Waals surface area contributed by atoms with Crippen molar-refractivity contribution in [3.8, 4) is 0 Å². The number of nitrogens with zero attached hydrogens (tertiary/aromatic N) is 4. The molecule has 0 unspecified atom stereocenters. The zero-order chi connectivity index (χ0) is 9.97. The van der Waals surface area contributed by atoms with E-state index in [-0.39, 0.29) is 5.69 Å². The van der Waals surface area contributed by atoms with Gasteiger partial charge in [0.05, 0.1) is 6.20 Å². The largest absolute Gasteiger partial charge is 0.363 e. The summed E-state index contributed by atoms with van der Waals surface area (Å²) in [5, 5.41) is 5.99. The van der Waals surface area contributed by atoms with Gasteiger partial charge in [-0.1, -0.05) is 0 Å². The van der Waals surface area contributed by atoms with Crippen molar-refractivity contribution >= 4 is 5.82 Å². The van der Waals surface area contributed by atoms with E-state index < -0.39 is 0 Å². The Morgan fingerprint density at radius 2 is 2.07 bits per heavy atom. The maximum absolute atomic E-state index is 10.9. The number of hydrogen-bond acceptors (Lipinski definition) is 5. The van der Waals surface area contributed by atoms with Crippen LogP contribution in [0.1, 0.15) is 0 Å². The van der Waals surface area contributed by atoms with Crippen LogP contribution in [-0.2, 0) is 0 Å². The molecule has 0 aliphatic carbocycles. The number of anilines is 1. The molecule has 0 aromatic carbocycles. The highest BCUT2D eigenvalue weighted by Gasteiger charge is 2.15. The van der Waals surface area contributed by atoms with Gasteiger partial charge in [0.2, 0.25) is 0 Å². The minimum atomic E-state index is -0.388. The quantitative estimate of drug-likeness (QED) is 0.617. The summed E-state index contributed by atoms with van der Waals surface area (Å²) < 4.78 is 0. The molecule has 6 heteroatoms. The molecule has 1 fully saturated rings. The van der Waals surface area contributed by atoms with Crippen molar-refractivity contribution in [2.45, 2.75) is 0 Å². The molecule has 0 bridgehead atoms. The Bertz CT molecular complexity index is 355. The highest BCUT2D eigenvalue weighted by atomic mass is 16.1. The van der Waals surface area contributed by atoms with Gasteiger partial charge in [0.25, 0.3) is 0 Å². The molecular formula is C8H13N5O. The SMILES string of the molecule is CN1CCN(c2cn[nH]c(=O)n2)CC1. The molecular weight excluding hydrogens is 182 g/mol. The van der Waals surface area contributed by atoms with Crippen LogP contribution in [0.25, 0.3) is 0 Å². The number of piperazine rings is 1. The summed E-state index contributed by atoms with van der Waals surface area (Å²) in [4.78, 5) is 19.1. The van der Waals surface area contributed by atoms with E-state index in [1.165, 1.54) is 0 Å². The number of likely N-dealkylation sites (N-methyl/N-ethyl adjacent to an activating group) is 1. The van der Waals surface area contributed by atoms with Crippen LogP contribution < -0.4 is 10.6 Å². The molecule has 2 rings (SSSR count). The Morgan fingerprint density at radius 1 is 1.36 bits per heavy atom. The lowest BCUT2D eigenvalue weighted by molar-refractivity contribution is 0.312. The monoisotopic (exact) mass is 195 g/mol. The lowest BCUT2D eigenvalue weighted by Crippen LogP contribution is -2.45. The average Bonchev–Trinajstić information content (AvgIpc) is 2.19. The molecule has 1 N–H and O–H groups in total. The second-order valence-corrected chi connectivity index (χ2v) is 3.44. The van der Waals surface area contributed by atoms with Gasteiger partial charge in [0.1, 0.15) is 0 Å². The lowest BCUT2D eigenvalue weighted by atomic mass is 10.3. The Labute approximate surface area is 81.6 Å². The van der Waals surface area contributed by atoms with Crippen molar-refractivity contribution in [2.24, 2.45) is 0 Å². The number of rotatable bonds is 1. The summed E-state index contributed by atoms with van der Waals surface area (Å²) in [5.41, 5.74) is -0.388. The second kappa shape index (κ2) is 3.75. The van der Waals surface area contributed by atoms with Gasteiger partial charge >= 0.3 is 5.69 Å². The molecule has 0 radical (unpaired) electrons. The summed E-state index contributed by atoms with van der Waals surface area (Å²) in [6, 6.07) is 0. The highest BCUT2D eigenvalue weighted by molar-refractivity contribution is 5.34. The normalized spacial score (nSPS) is 18.5. The van der Waals surface area contributed by atoms with E-state index in [2.05, 4.69) is 32.0 Å². The molecule has 1 aromatic rings. The topological polar surface area (TPSA) is 65.1 Å². The summed E-state index contributed by atoms with van der Waals surface area (Å²) in [7, 11) is 2.08. The van der Waals surface area contributed by atoms with Crippen molar-refractivity contribution in [1.82, 2.24) is 20.1 Å². The Morgan fingerprint density at radius 3 is 2.71 bits per heavy atom. The molecule has 1 saturated heterocycles. The van der Waals surface area contributed by atoms with Gasteiger partial charge in [-0.05, 0) is 7.05 Å². The van der Waals surface area contributed by atoms with E-state index in [9.17, 15) is 4.79 Å². The zero-order valence-electron chi connectivity index (χ0n) is 8.10. The summed E-state index contributed by atoms with van der Waals surface area (Å²) in [6.07, 6.45) is 1.59. The van der Waals surface area contributed by atoms with E-state index in [1.54, 1.807) is 6.20 Å². The minimum Gasteiger partial charge on any atom is -0.353 e. The van der Waals surface area contributed by atoms with Gasteiger partial charge in [0.15, 0.2) is 5.82 Å². The molecule has 1 aliphatic heterocycles. The third kappa shape index (κ3) is 1.90. The van der Waals surface area contributed by atoms with E-state index in [4.69, 9.17) is 0 Å². The number of aromatic amines is 1. The standard InChI is InChI=1S/C8H13N5O/c1-12-2-4-13(5-3-12)7-6-9-11-8(14)10-7/h6H,2-5H2,1H3,(H,10,11,14). The molecule has 0 spiro atoms. The zero-order valence-corrected chi connectivity index (χ0v) is 8.10. The van der Waals surface area contributed by atoms with Crippen LogP contribution in [0.4, 0.5) is 5.82 Å². The first-order valence-corrected chi connectivity index (χ1v) is 4.61. The van der Waals surface area contributed by atoms with Crippen LogP contribution in [-0.4, -0.2) is 53.3 Å². The Kier molecular flexibility index (Phi) is 2.45. The van der Waals surface area contributed by atoms with Crippen LogP contribution in [0.3, 0.4) is 0 Å². The number of nitrogens with one attached hydrogen (secondary N) is 1. The first kappa shape index (κ1) is 9.14. The van der Waals surface area contributed by atoms with Gasteiger partial charge in [-0.2, -0.15) is 10.1 Å². The van der Waals surface area contributed by atoms with Crippen LogP contribution >= 0.6 is 0 Å². The van der Waals surface area contributed by atoms with E-state index in [0.29, 0.717) is 5.82 Å². The summed E-state index contributed by atoms with van der Waals surface area (Å²) >= 11 is 0. The number of H-pyrrole nitrogens is 1. The molecule has 0 amide bonds. The fourth-order valence-electron chi connectivity index (χ4n) is 1.49. The molecule has 6 nitrogen and oxygen atoms in total. The van der Waals surface area contributed by atoms with Crippen molar-refractivity contribution in [3.05, 3.63) is 16.7 Å². The molecule has 0 atom stereocenters. The van der Waals surface area contributed by atoms with Gasteiger partial charge in [-0.25, -0.2) is 9.89 Å². The first-order chi connectivity index (χ1) is 6.75. The molecule has 1 aromatic heterocycles. The maximum Gasteiger partial charge on any atom is 0.363 e. The minimum absolute atomic E-state index is 0.388. The van der Waals surface area contributed by atoms with E-state index >= 15 is 0 Å². The van der Waals surface area contributed by atoms with E-state index in [0.717, 1.165) is 26.2 Å². The van der Waals surface area contributed by atoms with Crippen LogP contribution in [0.15, 0.2) is 11.0 Å². The fourth-order valence-corrected chi connectivity index (χ4v) is 1.49. The second-order valence-electron chi connectivity index (χ2n) is 3.44. The van der Waals surface area contributed by atoms with Crippen molar-refractivity contribution in [1.29, 1.82) is 0 Å². The maximum atomic E-state index is 10.9. The number of aromatic nitrogens is 3. The summed E-state index contributed by atoms with van der Waals surface area (Å²) in [6.45, 7) is 3.78. The first-order valence-electron chi connectivity index (χ1n) is 4.61. The van der Waals surface area contributed by atoms with Gasteiger partial charge < -0.3 is 9.80 Å². The van der Waals surface area contributed by atoms with Crippen LogP contribution in [0.2, 0.25) is 0 Å². The van der Waals surface area contributed by atoms with E-state index in [1.807, 2.05) is 0 Å². The molecule has 14 heavy (non-hydrogen) atoms.